The van der Waals surface area contributed by atoms with Gasteiger partial charge in [0, 0.05) is 30.0 Å². The quantitative estimate of drug-likeness (QED) is 0.740. The molecule has 1 fully saturated rings. The monoisotopic (exact) mass is 311 g/mol. The highest BCUT2D eigenvalue weighted by atomic mass is 79.9. The van der Waals surface area contributed by atoms with E-state index >= 15 is 0 Å². The molecule has 0 N–H and O–H groups in total. The number of hydrogen-bond donors (Lipinski definition) is 0. The van der Waals surface area contributed by atoms with E-state index in [1.807, 2.05) is 6.07 Å². The zero-order valence-corrected chi connectivity index (χ0v) is 12.7. The Hall–Kier alpha value is -0.540. The second-order valence-electron chi connectivity index (χ2n) is 4.91. The molecule has 0 aromatic heterocycles. The summed E-state index contributed by atoms with van der Waals surface area (Å²) in [5.74, 6) is 1.01. The molecule has 18 heavy (non-hydrogen) atoms. The van der Waals surface area contributed by atoms with Gasteiger partial charge in [0.15, 0.2) is 0 Å². The molecule has 0 saturated heterocycles. The first-order chi connectivity index (χ1) is 8.85. The molecule has 1 aliphatic carbocycles. The maximum absolute atomic E-state index is 5.45. The standard InChI is InChI=1S/C15H22BrNO/c1-18-15-9-5-2-6-13(15)12-17(11-10-16)14-7-3-4-8-14/h2,5-6,9,14H,3-4,7-8,10-12H2,1H3. The van der Waals surface area contributed by atoms with Crippen molar-refractivity contribution in [3.63, 3.8) is 0 Å². The van der Waals surface area contributed by atoms with Crippen molar-refractivity contribution < 1.29 is 4.74 Å². The van der Waals surface area contributed by atoms with Crippen molar-refractivity contribution in [2.24, 2.45) is 0 Å². The number of para-hydroxylation sites is 1. The molecule has 0 atom stereocenters. The fourth-order valence-corrected chi connectivity index (χ4v) is 3.28. The number of halogens is 1. The first kappa shape index (κ1) is 13.9. The van der Waals surface area contributed by atoms with Crippen molar-refractivity contribution in [3.05, 3.63) is 29.8 Å². The molecular formula is C15H22BrNO. The van der Waals surface area contributed by atoms with Crippen LogP contribution in [0.25, 0.3) is 0 Å². The maximum atomic E-state index is 5.45. The van der Waals surface area contributed by atoms with Gasteiger partial charge in [0.2, 0.25) is 0 Å². The molecule has 0 unspecified atom stereocenters. The van der Waals surface area contributed by atoms with Gasteiger partial charge in [-0.15, -0.1) is 0 Å². The Morgan fingerprint density at radius 2 is 2.00 bits per heavy atom. The summed E-state index contributed by atoms with van der Waals surface area (Å²) in [6.07, 6.45) is 5.47. The van der Waals surface area contributed by atoms with Crippen LogP contribution in [0.5, 0.6) is 5.75 Å². The second kappa shape index (κ2) is 7.15. The Morgan fingerprint density at radius 3 is 2.67 bits per heavy atom. The zero-order chi connectivity index (χ0) is 12.8. The average Bonchev–Trinajstić information content (AvgIpc) is 2.92. The number of methoxy groups -OCH3 is 1. The van der Waals surface area contributed by atoms with Gasteiger partial charge in [0.25, 0.3) is 0 Å². The van der Waals surface area contributed by atoms with E-state index < -0.39 is 0 Å². The van der Waals surface area contributed by atoms with Crippen LogP contribution in [0.4, 0.5) is 0 Å². The van der Waals surface area contributed by atoms with Crippen molar-refractivity contribution in [3.8, 4) is 5.75 Å². The van der Waals surface area contributed by atoms with E-state index in [2.05, 4.69) is 39.0 Å². The lowest BCUT2D eigenvalue weighted by atomic mass is 10.1. The van der Waals surface area contributed by atoms with E-state index in [1.165, 1.54) is 31.2 Å². The molecule has 2 nitrogen and oxygen atoms in total. The SMILES string of the molecule is COc1ccccc1CN(CCBr)C1CCCC1. The van der Waals surface area contributed by atoms with Crippen molar-refractivity contribution in [1.29, 1.82) is 0 Å². The molecule has 2 rings (SSSR count). The van der Waals surface area contributed by atoms with Crippen LogP contribution in [0.1, 0.15) is 31.2 Å². The number of benzene rings is 1. The summed E-state index contributed by atoms with van der Waals surface area (Å²) in [4.78, 5) is 2.60. The van der Waals surface area contributed by atoms with Crippen LogP contribution < -0.4 is 4.74 Å². The first-order valence-corrected chi connectivity index (χ1v) is 7.89. The van der Waals surface area contributed by atoms with Gasteiger partial charge >= 0.3 is 0 Å². The molecule has 1 aliphatic rings. The van der Waals surface area contributed by atoms with Crippen LogP contribution in [0.3, 0.4) is 0 Å². The number of ether oxygens (including phenoxy) is 1. The average molecular weight is 312 g/mol. The van der Waals surface area contributed by atoms with Crippen molar-refractivity contribution >= 4 is 15.9 Å². The summed E-state index contributed by atoms with van der Waals surface area (Å²) in [6.45, 7) is 2.11. The van der Waals surface area contributed by atoms with E-state index in [4.69, 9.17) is 4.74 Å². The minimum atomic E-state index is 0.757. The summed E-state index contributed by atoms with van der Waals surface area (Å²) in [5.41, 5.74) is 1.30. The molecule has 1 saturated carbocycles. The fraction of sp³-hybridized carbons (Fsp3) is 0.600. The van der Waals surface area contributed by atoms with Gasteiger partial charge in [-0.2, -0.15) is 0 Å². The summed E-state index contributed by atoms with van der Waals surface area (Å²) in [6, 6.07) is 9.11. The molecule has 0 aliphatic heterocycles. The molecule has 0 amide bonds. The Balaban J connectivity index is 2.07. The number of hydrogen-bond acceptors (Lipinski definition) is 2. The second-order valence-corrected chi connectivity index (χ2v) is 5.70. The van der Waals surface area contributed by atoms with Crippen LogP contribution in [-0.2, 0) is 6.54 Å². The molecule has 1 aromatic rings. The van der Waals surface area contributed by atoms with Gasteiger partial charge in [-0.25, -0.2) is 0 Å². The molecule has 0 bridgehead atoms. The van der Waals surface area contributed by atoms with Crippen LogP contribution in [0.2, 0.25) is 0 Å². The summed E-state index contributed by atoms with van der Waals surface area (Å²) < 4.78 is 5.45. The lowest BCUT2D eigenvalue weighted by Gasteiger charge is -2.28. The minimum absolute atomic E-state index is 0.757. The largest absolute Gasteiger partial charge is 0.496 e. The van der Waals surface area contributed by atoms with Crippen molar-refractivity contribution in [2.75, 3.05) is 19.0 Å². The molecular weight excluding hydrogens is 290 g/mol. The Kier molecular flexibility index (Phi) is 5.51. The van der Waals surface area contributed by atoms with E-state index in [9.17, 15) is 0 Å². The van der Waals surface area contributed by atoms with Crippen molar-refractivity contribution in [1.82, 2.24) is 4.90 Å². The zero-order valence-electron chi connectivity index (χ0n) is 11.1. The predicted molar refractivity (Wildman–Crippen MR) is 79.5 cm³/mol. The van der Waals surface area contributed by atoms with Gasteiger partial charge in [-0.3, -0.25) is 4.90 Å². The van der Waals surface area contributed by atoms with E-state index in [-0.39, 0.29) is 0 Å². The molecule has 0 spiro atoms. The van der Waals surface area contributed by atoms with Crippen LogP contribution >= 0.6 is 15.9 Å². The Labute approximate surface area is 118 Å². The highest BCUT2D eigenvalue weighted by Gasteiger charge is 2.22. The molecule has 3 heteroatoms. The lowest BCUT2D eigenvalue weighted by Crippen LogP contribution is -2.34. The molecule has 0 radical (unpaired) electrons. The third-order valence-corrected chi connectivity index (χ3v) is 4.13. The normalized spacial score (nSPS) is 16.4. The third kappa shape index (κ3) is 3.48. The number of rotatable bonds is 6. The fourth-order valence-electron chi connectivity index (χ4n) is 2.82. The van der Waals surface area contributed by atoms with Crippen molar-refractivity contribution in [2.45, 2.75) is 38.3 Å². The molecule has 0 heterocycles. The summed E-state index contributed by atoms with van der Waals surface area (Å²) in [5, 5.41) is 1.04. The number of nitrogens with zero attached hydrogens (tertiary/aromatic N) is 1. The first-order valence-electron chi connectivity index (χ1n) is 6.77. The van der Waals surface area contributed by atoms with Crippen LogP contribution in [0, 0.1) is 0 Å². The van der Waals surface area contributed by atoms with E-state index in [0.29, 0.717) is 0 Å². The highest BCUT2D eigenvalue weighted by Crippen LogP contribution is 2.27. The highest BCUT2D eigenvalue weighted by molar-refractivity contribution is 9.09. The van der Waals surface area contributed by atoms with E-state index in [0.717, 1.165) is 30.2 Å². The van der Waals surface area contributed by atoms with Crippen LogP contribution in [-0.4, -0.2) is 29.9 Å². The minimum Gasteiger partial charge on any atom is -0.496 e. The summed E-state index contributed by atoms with van der Waals surface area (Å²) in [7, 11) is 1.75. The lowest BCUT2D eigenvalue weighted by molar-refractivity contribution is 0.200. The predicted octanol–water partition coefficient (Wildman–Crippen LogP) is 3.83. The van der Waals surface area contributed by atoms with Gasteiger partial charge in [0.1, 0.15) is 5.75 Å². The third-order valence-electron chi connectivity index (χ3n) is 3.78. The van der Waals surface area contributed by atoms with Gasteiger partial charge in [0.05, 0.1) is 7.11 Å². The van der Waals surface area contributed by atoms with Gasteiger partial charge < -0.3 is 4.74 Å². The van der Waals surface area contributed by atoms with Gasteiger partial charge in [-0.1, -0.05) is 47.0 Å². The topological polar surface area (TPSA) is 12.5 Å². The molecule has 1 aromatic carbocycles. The van der Waals surface area contributed by atoms with E-state index in [1.54, 1.807) is 7.11 Å². The smallest absolute Gasteiger partial charge is 0.123 e. The summed E-state index contributed by atoms with van der Waals surface area (Å²) >= 11 is 3.57. The maximum Gasteiger partial charge on any atom is 0.123 e. The van der Waals surface area contributed by atoms with Gasteiger partial charge in [-0.05, 0) is 18.9 Å². The Bertz CT molecular complexity index is 363. The number of alkyl halides is 1. The molecule has 100 valence electrons. The Morgan fingerprint density at radius 1 is 1.28 bits per heavy atom. The van der Waals surface area contributed by atoms with Crippen LogP contribution in [0.15, 0.2) is 24.3 Å².